The van der Waals surface area contributed by atoms with Gasteiger partial charge in [-0.15, -0.1) is 24.0 Å². The summed E-state index contributed by atoms with van der Waals surface area (Å²) >= 11 is 0. The van der Waals surface area contributed by atoms with E-state index in [2.05, 4.69) is 20.8 Å². The van der Waals surface area contributed by atoms with Gasteiger partial charge in [0, 0.05) is 19.7 Å². The molecule has 0 aliphatic heterocycles. The molecule has 0 fully saturated rings. The van der Waals surface area contributed by atoms with Crippen LogP contribution in [0.4, 0.5) is 0 Å². The highest BCUT2D eigenvalue weighted by atomic mass is 127. The normalized spacial score (nSPS) is 12.0. The Bertz CT molecular complexity index is 849. The molecule has 1 aromatic heterocycles. The van der Waals surface area contributed by atoms with E-state index < -0.39 is 10.0 Å². The van der Waals surface area contributed by atoms with Gasteiger partial charge in [0.15, 0.2) is 11.7 Å². The van der Waals surface area contributed by atoms with Crippen LogP contribution in [0.2, 0.25) is 0 Å². The molecule has 26 heavy (non-hydrogen) atoms. The Kier molecular flexibility index (Phi) is 8.50. The SMILES string of the molecule is CN=C(NCc1cccc(S(N)(=O)=O)c1)NCc1cc(C(C)C)no1.I. The van der Waals surface area contributed by atoms with E-state index in [4.69, 9.17) is 9.66 Å². The summed E-state index contributed by atoms with van der Waals surface area (Å²) in [7, 11) is -2.06. The molecule has 2 rings (SSSR count). The molecule has 0 atom stereocenters. The van der Waals surface area contributed by atoms with Crippen LogP contribution in [0.1, 0.15) is 36.8 Å². The second-order valence-corrected chi connectivity index (χ2v) is 7.41. The lowest BCUT2D eigenvalue weighted by Gasteiger charge is -2.11. The van der Waals surface area contributed by atoms with Gasteiger partial charge in [0.1, 0.15) is 0 Å². The Morgan fingerprint density at radius 3 is 2.54 bits per heavy atom. The number of hydrogen-bond donors (Lipinski definition) is 3. The first-order valence-electron chi connectivity index (χ1n) is 7.81. The second-order valence-electron chi connectivity index (χ2n) is 5.84. The predicted octanol–water partition coefficient (Wildman–Crippen LogP) is 1.93. The monoisotopic (exact) mass is 493 g/mol. The Morgan fingerprint density at radius 2 is 1.96 bits per heavy atom. The fraction of sp³-hybridized carbons (Fsp3) is 0.375. The van der Waals surface area contributed by atoms with Crippen molar-refractivity contribution in [2.24, 2.45) is 10.1 Å². The molecule has 8 nitrogen and oxygen atoms in total. The highest BCUT2D eigenvalue weighted by molar-refractivity contribution is 14.0. The number of aliphatic imine (C=N–C) groups is 1. The van der Waals surface area contributed by atoms with Crippen LogP contribution >= 0.6 is 24.0 Å². The van der Waals surface area contributed by atoms with Gasteiger partial charge in [0.25, 0.3) is 0 Å². The highest BCUT2D eigenvalue weighted by Crippen LogP contribution is 2.13. The molecule has 2 aromatic rings. The number of rotatable bonds is 6. The van der Waals surface area contributed by atoms with E-state index in [0.29, 0.717) is 30.7 Å². The zero-order valence-electron chi connectivity index (χ0n) is 14.9. The van der Waals surface area contributed by atoms with Crippen LogP contribution < -0.4 is 15.8 Å². The van der Waals surface area contributed by atoms with Crippen LogP contribution in [-0.2, 0) is 23.1 Å². The van der Waals surface area contributed by atoms with E-state index in [9.17, 15) is 8.42 Å². The summed E-state index contributed by atoms with van der Waals surface area (Å²) in [6.45, 7) is 4.93. The maximum absolute atomic E-state index is 11.4. The van der Waals surface area contributed by atoms with Crippen molar-refractivity contribution in [2.45, 2.75) is 37.8 Å². The average molecular weight is 493 g/mol. The molecule has 0 aliphatic rings. The third-order valence-electron chi connectivity index (χ3n) is 3.51. The van der Waals surface area contributed by atoms with Crippen LogP contribution in [0.3, 0.4) is 0 Å². The molecule has 144 valence electrons. The summed E-state index contributed by atoms with van der Waals surface area (Å²) in [6, 6.07) is 8.35. The zero-order chi connectivity index (χ0) is 18.4. The van der Waals surface area contributed by atoms with Crippen molar-refractivity contribution in [3.05, 3.63) is 47.3 Å². The largest absolute Gasteiger partial charge is 0.359 e. The summed E-state index contributed by atoms with van der Waals surface area (Å²) in [6.07, 6.45) is 0. The zero-order valence-corrected chi connectivity index (χ0v) is 18.0. The van der Waals surface area contributed by atoms with Crippen molar-refractivity contribution in [2.75, 3.05) is 7.05 Å². The molecule has 0 bridgehead atoms. The number of primary sulfonamides is 1. The third kappa shape index (κ3) is 6.57. The van der Waals surface area contributed by atoms with Crippen molar-refractivity contribution in [1.29, 1.82) is 0 Å². The summed E-state index contributed by atoms with van der Waals surface area (Å²) in [5.41, 5.74) is 1.68. The minimum atomic E-state index is -3.71. The van der Waals surface area contributed by atoms with Gasteiger partial charge in [-0.3, -0.25) is 4.99 Å². The van der Waals surface area contributed by atoms with Crippen LogP contribution in [0.15, 0.2) is 44.7 Å². The second kappa shape index (κ2) is 9.88. The lowest BCUT2D eigenvalue weighted by molar-refractivity contribution is 0.372. The first-order valence-corrected chi connectivity index (χ1v) is 9.36. The van der Waals surface area contributed by atoms with Gasteiger partial charge in [-0.05, 0) is 23.6 Å². The first-order chi connectivity index (χ1) is 11.8. The maximum Gasteiger partial charge on any atom is 0.238 e. The van der Waals surface area contributed by atoms with E-state index >= 15 is 0 Å². The standard InChI is InChI=1S/C16H23N5O3S.HI/c1-11(2)15-8-13(24-21-15)10-20-16(18-3)19-9-12-5-4-6-14(7-12)25(17,22)23;/h4-8,11H,9-10H2,1-3H3,(H2,17,22,23)(H2,18,19,20);1H. The number of aromatic nitrogens is 1. The van der Waals surface area contributed by atoms with Crippen molar-refractivity contribution < 1.29 is 12.9 Å². The predicted molar refractivity (Wildman–Crippen MR) is 111 cm³/mol. The van der Waals surface area contributed by atoms with E-state index in [-0.39, 0.29) is 28.9 Å². The summed E-state index contributed by atoms with van der Waals surface area (Å²) in [5.74, 6) is 1.58. The number of nitrogens with one attached hydrogen (secondary N) is 2. The van der Waals surface area contributed by atoms with E-state index in [1.165, 1.54) is 12.1 Å². The molecule has 1 aromatic carbocycles. The van der Waals surface area contributed by atoms with Gasteiger partial charge in [-0.25, -0.2) is 13.6 Å². The van der Waals surface area contributed by atoms with Gasteiger partial charge in [0.2, 0.25) is 10.0 Å². The van der Waals surface area contributed by atoms with Gasteiger partial charge in [0.05, 0.1) is 17.1 Å². The fourth-order valence-electron chi connectivity index (χ4n) is 2.09. The van der Waals surface area contributed by atoms with Crippen molar-refractivity contribution >= 4 is 40.0 Å². The number of nitrogens with zero attached hydrogens (tertiary/aromatic N) is 2. The fourth-order valence-corrected chi connectivity index (χ4v) is 2.68. The summed E-state index contributed by atoms with van der Waals surface area (Å²) in [5, 5.41) is 15.4. The van der Waals surface area contributed by atoms with E-state index in [1.54, 1.807) is 19.2 Å². The lowest BCUT2D eigenvalue weighted by Crippen LogP contribution is -2.36. The molecule has 0 saturated carbocycles. The topological polar surface area (TPSA) is 123 Å². The van der Waals surface area contributed by atoms with E-state index in [1.807, 2.05) is 19.9 Å². The molecule has 0 amide bonds. The molecular formula is C16H24IN5O3S. The average Bonchev–Trinajstić information content (AvgIpc) is 3.04. The number of nitrogens with two attached hydrogens (primary N) is 1. The van der Waals surface area contributed by atoms with Crippen LogP contribution in [0.25, 0.3) is 0 Å². The van der Waals surface area contributed by atoms with Crippen LogP contribution in [-0.4, -0.2) is 26.6 Å². The summed E-state index contributed by atoms with van der Waals surface area (Å²) < 4.78 is 28.0. The number of benzene rings is 1. The molecule has 4 N–H and O–H groups in total. The van der Waals surface area contributed by atoms with Crippen molar-refractivity contribution in [1.82, 2.24) is 15.8 Å². The Balaban J connectivity index is 0.00000338. The van der Waals surface area contributed by atoms with Gasteiger partial charge < -0.3 is 15.2 Å². The Labute approximate surface area is 170 Å². The Morgan fingerprint density at radius 1 is 1.27 bits per heavy atom. The molecule has 0 spiro atoms. The number of sulfonamides is 1. The molecule has 0 aliphatic carbocycles. The van der Waals surface area contributed by atoms with Crippen LogP contribution in [0, 0.1) is 0 Å². The Hall–Kier alpha value is -1.66. The minimum absolute atomic E-state index is 0. The van der Waals surface area contributed by atoms with Crippen molar-refractivity contribution in [3.63, 3.8) is 0 Å². The minimum Gasteiger partial charge on any atom is -0.359 e. The highest BCUT2D eigenvalue weighted by Gasteiger charge is 2.09. The lowest BCUT2D eigenvalue weighted by atomic mass is 10.1. The maximum atomic E-state index is 11.4. The number of halogens is 1. The van der Waals surface area contributed by atoms with Gasteiger partial charge >= 0.3 is 0 Å². The van der Waals surface area contributed by atoms with Crippen LogP contribution in [0.5, 0.6) is 0 Å². The molecule has 10 heteroatoms. The molecular weight excluding hydrogens is 469 g/mol. The van der Waals surface area contributed by atoms with E-state index in [0.717, 1.165) is 11.3 Å². The summed E-state index contributed by atoms with van der Waals surface area (Å²) in [4.78, 5) is 4.20. The third-order valence-corrected chi connectivity index (χ3v) is 4.42. The molecule has 0 saturated heterocycles. The van der Waals surface area contributed by atoms with Crippen molar-refractivity contribution in [3.8, 4) is 0 Å². The number of hydrogen-bond acceptors (Lipinski definition) is 5. The molecule has 1 heterocycles. The van der Waals surface area contributed by atoms with Gasteiger partial charge in [-0.1, -0.05) is 31.1 Å². The van der Waals surface area contributed by atoms with Gasteiger partial charge in [-0.2, -0.15) is 0 Å². The molecule has 0 radical (unpaired) electrons. The molecule has 0 unspecified atom stereocenters. The quantitative estimate of drug-likeness (QED) is 0.321. The number of guanidine groups is 1. The smallest absolute Gasteiger partial charge is 0.238 e. The first kappa shape index (κ1) is 22.4.